The number of aryl methyl sites for hydroxylation is 4. The largest absolute Gasteiger partial charge is 0.456 e. The van der Waals surface area contributed by atoms with Crippen molar-refractivity contribution in [2.75, 3.05) is 26.4 Å². The van der Waals surface area contributed by atoms with Crippen LogP contribution in [0.3, 0.4) is 0 Å². The fraction of sp³-hybridized carbons (Fsp3) is 0.526. The van der Waals surface area contributed by atoms with Gasteiger partial charge in [0.2, 0.25) is 25.2 Å². The normalized spacial score (nSPS) is 26.6. The van der Waals surface area contributed by atoms with Crippen molar-refractivity contribution >= 4 is 112 Å². The molecular formula is C76H92O42S4. The molecule has 20 atom stereocenters. The zero-order valence-electron chi connectivity index (χ0n) is 68.4. The van der Waals surface area contributed by atoms with Gasteiger partial charge in [0.15, 0.2) is 73.2 Å². The van der Waals surface area contributed by atoms with Crippen LogP contribution in [-0.2, 0) is 200 Å². The predicted octanol–water partition coefficient (Wildman–Crippen LogP) is 2.94. The average Bonchev–Trinajstić information content (AvgIpc) is 0.764. The van der Waals surface area contributed by atoms with Crippen LogP contribution in [0.1, 0.15) is 105 Å². The molecule has 4 aromatic rings. The molecule has 0 aromatic heterocycles. The van der Waals surface area contributed by atoms with Crippen LogP contribution in [0.4, 0.5) is 0 Å². The Labute approximate surface area is 700 Å². The summed E-state index contributed by atoms with van der Waals surface area (Å²) < 4.78 is 229. The summed E-state index contributed by atoms with van der Waals surface area (Å²) in [5.74, 6) is -12.1. The summed E-state index contributed by atoms with van der Waals surface area (Å²) >= 11 is 0. The van der Waals surface area contributed by atoms with Crippen molar-refractivity contribution in [3.8, 4) is 0 Å². The molecule has 4 aliphatic heterocycles. The maximum atomic E-state index is 13.3. The van der Waals surface area contributed by atoms with Gasteiger partial charge in [0.05, 0.1) is 46.0 Å². The van der Waals surface area contributed by atoms with Crippen LogP contribution in [0.15, 0.2) is 117 Å². The molecule has 4 aliphatic rings. The number of ether oxygens (including phenoxy) is 18. The minimum Gasteiger partial charge on any atom is -0.456 e. The van der Waals surface area contributed by atoms with Crippen molar-refractivity contribution in [1.82, 2.24) is 0 Å². The molecule has 0 amide bonds. The minimum atomic E-state index is -4.54. The van der Waals surface area contributed by atoms with E-state index in [0.29, 0.717) is 0 Å². The maximum absolute atomic E-state index is 13.3. The monoisotopic (exact) mass is 1800 g/mol. The molecule has 0 spiro atoms. The van der Waals surface area contributed by atoms with Gasteiger partial charge in [-0.3, -0.25) is 74.3 Å². The van der Waals surface area contributed by atoms with Gasteiger partial charge in [-0.15, -0.1) is 0 Å². The predicted molar refractivity (Wildman–Crippen MR) is 401 cm³/mol. The molecule has 0 radical (unpaired) electrons. The lowest BCUT2D eigenvalue weighted by atomic mass is 9.97. The Balaban J connectivity index is 0.000000336. The van der Waals surface area contributed by atoms with E-state index < -0.39 is 261 Å². The van der Waals surface area contributed by atoms with Crippen LogP contribution >= 0.6 is 0 Å². The zero-order valence-corrected chi connectivity index (χ0v) is 71.7. The van der Waals surface area contributed by atoms with Gasteiger partial charge in [-0.05, 0) is 76.2 Å². The summed E-state index contributed by atoms with van der Waals surface area (Å²) in [6.45, 7) is 14.7. The van der Waals surface area contributed by atoms with Gasteiger partial charge in [0, 0.05) is 83.1 Å². The van der Waals surface area contributed by atoms with E-state index in [4.69, 9.17) is 102 Å². The van der Waals surface area contributed by atoms with Crippen molar-refractivity contribution in [3.63, 3.8) is 0 Å². The van der Waals surface area contributed by atoms with Crippen molar-refractivity contribution in [1.29, 1.82) is 0 Å². The van der Waals surface area contributed by atoms with Gasteiger partial charge >= 0.3 is 71.6 Å². The van der Waals surface area contributed by atoms with Crippen LogP contribution in [-0.4, -0.2) is 255 Å². The Bertz CT molecular complexity index is 4280. The van der Waals surface area contributed by atoms with Crippen molar-refractivity contribution in [3.05, 3.63) is 119 Å². The third-order valence-electron chi connectivity index (χ3n) is 17.3. The van der Waals surface area contributed by atoms with E-state index in [1.165, 1.54) is 97.1 Å². The Morgan fingerprint density at radius 3 is 0.492 bits per heavy atom. The van der Waals surface area contributed by atoms with Crippen LogP contribution in [0, 0.1) is 27.7 Å². The first-order valence-corrected chi connectivity index (χ1v) is 42.4. The van der Waals surface area contributed by atoms with Crippen LogP contribution in [0.2, 0.25) is 0 Å². The Morgan fingerprint density at radius 1 is 0.221 bits per heavy atom. The third-order valence-corrected chi connectivity index (χ3v) is 22.5. The summed E-state index contributed by atoms with van der Waals surface area (Å²) in [4.78, 5) is 149. The lowest BCUT2D eigenvalue weighted by Gasteiger charge is -2.48. The fourth-order valence-electron chi connectivity index (χ4n) is 12.4. The number of esters is 12. The number of rotatable bonds is 32. The van der Waals surface area contributed by atoms with Gasteiger partial charge in [0.25, 0.3) is 40.5 Å². The first-order valence-electron chi connectivity index (χ1n) is 36.8. The second kappa shape index (κ2) is 43.3. The lowest BCUT2D eigenvalue weighted by molar-refractivity contribution is -0.376. The maximum Gasteiger partial charge on any atom is 0.303 e. The molecule has 0 bridgehead atoms. The van der Waals surface area contributed by atoms with E-state index in [9.17, 15) is 91.2 Å². The molecule has 46 heteroatoms. The lowest BCUT2D eigenvalue weighted by Crippen LogP contribution is -2.67. The SMILES string of the molecule is CC(=O)O[C@@H]1[C@@H](OC(C)=O)[C@@H](O[C@H]2O[C@H](COS(=O)(=O)c3ccc(C)cc3)[C@@H](OC(C)=O)[C@H](OC(C)=O)[C@H]2OC(C)=O)O[C@H](COS(=O)(=O)c2ccc(C)cc2)[C@H]1OC(C)=O.CC(=O)O[C@@H]1[C@@H](OC(C)=O)[C@@H](O[C@H]2O[C@H](COS(=O)(=O)c3ccc(C)cc3)[C@@H](OC(C)=O)[C@H](OC(C)=O)[C@H]2OC(C)=O)O[C@H](COS(=O)(=O)c2ccc(C)cc2)[C@H]1OC(C)=O. The molecule has 122 heavy (non-hydrogen) atoms. The summed E-state index contributed by atoms with van der Waals surface area (Å²) in [6.07, 6.45) is -37.0. The van der Waals surface area contributed by atoms with Gasteiger partial charge in [-0.1, -0.05) is 70.8 Å². The summed E-state index contributed by atoms with van der Waals surface area (Å²) in [5.41, 5.74) is 2.94. The van der Waals surface area contributed by atoms with Gasteiger partial charge < -0.3 is 85.3 Å². The van der Waals surface area contributed by atoms with E-state index in [2.05, 4.69) is 0 Å². The first-order chi connectivity index (χ1) is 56.9. The average molecular weight is 1810 g/mol. The van der Waals surface area contributed by atoms with Crippen molar-refractivity contribution < 1.29 is 193 Å². The summed E-state index contributed by atoms with van der Waals surface area (Å²) in [7, 11) is -18.2. The number of carbonyl (C=O) groups is 12. The zero-order chi connectivity index (χ0) is 90.8. The Kier molecular flexibility index (Phi) is 35.2. The molecule has 4 aromatic carbocycles. The molecule has 672 valence electrons. The summed E-state index contributed by atoms with van der Waals surface area (Å²) in [6, 6.07) is 22.2. The van der Waals surface area contributed by atoms with E-state index >= 15 is 0 Å². The highest BCUT2D eigenvalue weighted by molar-refractivity contribution is 7.87. The van der Waals surface area contributed by atoms with E-state index in [1.807, 2.05) is 0 Å². The van der Waals surface area contributed by atoms with E-state index in [1.54, 1.807) is 27.7 Å². The number of hydrogen-bond donors (Lipinski definition) is 0. The molecule has 0 unspecified atom stereocenters. The molecule has 8 rings (SSSR count). The second-order valence-corrected chi connectivity index (χ2v) is 34.0. The molecule has 4 fully saturated rings. The first kappa shape index (κ1) is 99.0. The summed E-state index contributed by atoms with van der Waals surface area (Å²) in [5, 5.41) is 0. The molecule has 4 heterocycles. The van der Waals surface area contributed by atoms with Gasteiger partial charge in [0.1, 0.15) is 24.4 Å². The molecule has 0 aliphatic carbocycles. The smallest absolute Gasteiger partial charge is 0.303 e. The highest BCUT2D eigenvalue weighted by atomic mass is 32.2. The quantitative estimate of drug-likeness (QED) is 0.0385. The molecule has 4 saturated heterocycles. The molecular weight excluding hydrogens is 1710 g/mol. The van der Waals surface area contributed by atoms with Crippen molar-refractivity contribution in [2.45, 2.75) is 253 Å². The third kappa shape index (κ3) is 28.5. The molecule has 0 saturated carbocycles. The molecule has 0 N–H and O–H groups in total. The van der Waals surface area contributed by atoms with Gasteiger partial charge in [-0.2, -0.15) is 33.7 Å². The topological polar surface area (TPSA) is 544 Å². The standard InChI is InChI=1S/2C38H46O21S2/c2*1-19-9-13-27(14-10-19)60(45,46)49-17-29-31(51-21(3)39)33(53-23(5)41)35(55-25(7)43)37(57-29)59-38-36(56-26(8)44)34(54-24(6)42)32(52-22(4)40)30(58-38)18-50-61(47,48)28-15-11-20(2)12-16-28/h2*9-16,29-38H,17-18H2,1-8H3/t2*29-,30-,31-,32-,33+,34+,35-,36-,37-,38-/m11/s1. The highest BCUT2D eigenvalue weighted by Crippen LogP contribution is 2.39. The second-order valence-electron chi connectivity index (χ2n) is 27.5. The Hall–Kier alpha value is -10.1. The van der Waals surface area contributed by atoms with E-state index in [0.717, 1.165) is 105 Å². The van der Waals surface area contributed by atoms with E-state index in [-0.39, 0.29) is 19.6 Å². The van der Waals surface area contributed by atoms with Crippen LogP contribution in [0.5, 0.6) is 0 Å². The van der Waals surface area contributed by atoms with Crippen molar-refractivity contribution in [2.24, 2.45) is 0 Å². The van der Waals surface area contributed by atoms with Crippen LogP contribution in [0.25, 0.3) is 0 Å². The number of hydrogen-bond acceptors (Lipinski definition) is 42. The minimum absolute atomic E-state index is 0.267. The van der Waals surface area contributed by atoms with Gasteiger partial charge in [-0.25, -0.2) is 0 Å². The number of carbonyl (C=O) groups excluding carboxylic acids is 12. The Morgan fingerprint density at radius 2 is 0.352 bits per heavy atom. The fourth-order valence-corrected chi connectivity index (χ4v) is 16.1. The van der Waals surface area contributed by atoms with Crippen LogP contribution < -0.4 is 0 Å². The molecule has 42 nitrogen and oxygen atoms in total. The number of benzene rings is 4. The highest BCUT2D eigenvalue weighted by Gasteiger charge is 2.61.